The van der Waals surface area contributed by atoms with Crippen LogP contribution in [0.25, 0.3) is 0 Å². The van der Waals surface area contributed by atoms with Gasteiger partial charge in [-0.05, 0) is 18.2 Å². The average molecular weight is 277 g/mol. The van der Waals surface area contributed by atoms with Gasteiger partial charge in [0.15, 0.2) is 0 Å². The van der Waals surface area contributed by atoms with E-state index in [0.29, 0.717) is 15.1 Å². The van der Waals surface area contributed by atoms with Crippen LogP contribution in [0.2, 0.25) is 5.02 Å². The fourth-order valence-corrected chi connectivity index (χ4v) is 1.52. The highest BCUT2D eigenvalue weighted by atomic mass is 79.9. The van der Waals surface area contributed by atoms with Gasteiger partial charge in [-0.3, -0.25) is 5.41 Å². The van der Waals surface area contributed by atoms with E-state index in [4.69, 9.17) is 17.0 Å². The number of halogens is 2. The van der Waals surface area contributed by atoms with Crippen LogP contribution in [-0.4, -0.2) is 18.8 Å². The summed E-state index contributed by atoms with van der Waals surface area (Å²) in [5.41, 5.74) is 0.200. The Hall–Kier alpha value is -0.870. The maximum atomic E-state index is 11.1. The van der Waals surface area contributed by atoms with Crippen molar-refractivity contribution in [1.29, 1.82) is 5.41 Å². The van der Waals surface area contributed by atoms with Crippen molar-refractivity contribution in [3.05, 3.63) is 33.3 Å². The van der Waals surface area contributed by atoms with Crippen molar-refractivity contribution in [2.24, 2.45) is 0 Å². The molecule has 0 aliphatic rings. The fraction of sp³-hybridized carbons (Fsp3) is 0.111. The van der Waals surface area contributed by atoms with Gasteiger partial charge in [0.1, 0.15) is 5.71 Å². The van der Waals surface area contributed by atoms with Crippen LogP contribution >= 0.6 is 27.5 Å². The summed E-state index contributed by atoms with van der Waals surface area (Å²) in [4.78, 5) is 11.1. The van der Waals surface area contributed by atoms with Gasteiger partial charge in [0.2, 0.25) is 0 Å². The molecule has 0 saturated carbocycles. The van der Waals surface area contributed by atoms with Crippen LogP contribution in [-0.2, 0) is 9.53 Å². The van der Waals surface area contributed by atoms with Gasteiger partial charge in [-0.25, -0.2) is 4.79 Å². The molecule has 0 aliphatic carbocycles. The summed E-state index contributed by atoms with van der Waals surface area (Å²) in [6.45, 7) is 0. The van der Waals surface area contributed by atoms with Crippen molar-refractivity contribution >= 4 is 39.2 Å². The predicted molar refractivity (Wildman–Crippen MR) is 58.0 cm³/mol. The van der Waals surface area contributed by atoms with Crippen molar-refractivity contribution in [3.8, 4) is 0 Å². The molecule has 1 N–H and O–H groups in total. The van der Waals surface area contributed by atoms with E-state index in [0.717, 1.165) is 0 Å². The van der Waals surface area contributed by atoms with E-state index in [1.165, 1.54) is 13.2 Å². The number of nitrogens with one attached hydrogen (secondary N) is 1. The maximum absolute atomic E-state index is 11.1. The van der Waals surface area contributed by atoms with Crippen LogP contribution in [0.4, 0.5) is 0 Å². The van der Waals surface area contributed by atoms with Crippen LogP contribution in [0.15, 0.2) is 22.7 Å². The number of carbonyl (C=O) groups excluding carboxylic acids is 1. The third kappa shape index (κ3) is 2.33. The number of hydrogen-bond acceptors (Lipinski definition) is 3. The van der Waals surface area contributed by atoms with E-state index in [9.17, 15) is 4.79 Å². The van der Waals surface area contributed by atoms with Gasteiger partial charge in [-0.15, -0.1) is 0 Å². The molecule has 0 atom stereocenters. The Labute approximate surface area is 94.7 Å². The molecule has 0 amide bonds. The summed E-state index contributed by atoms with van der Waals surface area (Å²) in [6, 6.07) is 4.87. The SMILES string of the molecule is COC(=O)C(=N)c1cc(Cl)ccc1Br. The molecule has 5 heteroatoms. The lowest BCUT2D eigenvalue weighted by molar-refractivity contribution is -0.132. The number of benzene rings is 1. The second kappa shape index (κ2) is 4.57. The minimum atomic E-state index is -0.687. The van der Waals surface area contributed by atoms with Gasteiger partial charge >= 0.3 is 5.97 Å². The quantitative estimate of drug-likeness (QED) is 0.667. The largest absolute Gasteiger partial charge is 0.464 e. The first-order chi connectivity index (χ1) is 6.56. The van der Waals surface area contributed by atoms with Gasteiger partial charge in [0.05, 0.1) is 7.11 Å². The zero-order valence-electron chi connectivity index (χ0n) is 7.30. The van der Waals surface area contributed by atoms with E-state index < -0.39 is 5.97 Å². The maximum Gasteiger partial charge on any atom is 0.356 e. The summed E-state index contributed by atoms with van der Waals surface area (Å²) in [7, 11) is 1.23. The van der Waals surface area contributed by atoms with E-state index in [1.54, 1.807) is 12.1 Å². The topological polar surface area (TPSA) is 50.2 Å². The van der Waals surface area contributed by atoms with Gasteiger partial charge in [-0.1, -0.05) is 27.5 Å². The van der Waals surface area contributed by atoms with Crippen LogP contribution < -0.4 is 0 Å². The first kappa shape index (κ1) is 11.2. The number of esters is 1. The zero-order chi connectivity index (χ0) is 10.7. The Kier molecular flexibility index (Phi) is 3.66. The Morgan fingerprint density at radius 1 is 1.57 bits per heavy atom. The molecule has 1 aromatic rings. The molecule has 0 unspecified atom stereocenters. The molecule has 3 nitrogen and oxygen atoms in total. The lowest BCUT2D eigenvalue weighted by atomic mass is 10.1. The molecule has 0 spiro atoms. The number of methoxy groups -OCH3 is 1. The molecule has 1 rings (SSSR count). The summed E-state index contributed by atoms with van der Waals surface area (Å²) >= 11 is 8.96. The molecular weight excluding hydrogens is 269 g/mol. The summed E-state index contributed by atoms with van der Waals surface area (Å²) in [6.07, 6.45) is 0. The lowest BCUT2D eigenvalue weighted by Crippen LogP contribution is -2.16. The molecule has 74 valence electrons. The Morgan fingerprint density at radius 3 is 2.79 bits per heavy atom. The number of ether oxygens (including phenoxy) is 1. The highest BCUT2D eigenvalue weighted by Gasteiger charge is 2.15. The minimum Gasteiger partial charge on any atom is -0.464 e. The van der Waals surface area contributed by atoms with Crippen LogP contribution in [0.5, 0.6) is 0 Å². The van der Waals surface area contributed by atoms with E-state index in [2.05, 4.69) is 20.7 Å². The molecular formula is C9H7BrClNO2. The number of hydrogen-bond donors (Lipinski definition) is 1. The molecule has 0 aromatic heterocycles. The summed E-state index contributed by atoms with van der Waals surface area (Å²) in [5, 5.41) is 7.98. The van der Waals surface area contributed by atoms with Crippen molar-refractivity contribution in [1.82, 2.24) is 0 Å². The first-order valence-electron chi connectivity index (χ1n) is 3.68. The normalized spacial score (nSPS) is 9.64. The van der Waals surface area contributed by atoms with Gasteiger partial charge < -0.3 is 4.74 Å². The monoisotopic (exact) mass is 275 g/mol. The summed E-state index contributed by atoms with van der Waals surface area (Å²) < 4.78 is 5.07. The second-order valence-corrected chi connectivity index (χ2v) is 3.78. The molecule has 0 bridgehead atoms. The van der Waals surface area contributed by atoms with Gasteiger partial charge in [-0.2, -0.15) is 0 Å². The van der Waals surface area contributed by atoms with Crippen LogP contribution in [0.3, 0.4) is 0 Å². The number of rotatable bonds is 2. The average Bonchev–Trinajstić information content (AvgIpc) is 2.19. The van der Waals surface area contributed by atoms with Crippen molar-refractivity contribution < 1.29 is 9.53 Å². The Balaban J connectivity index is 3.12. The van der Waals surface area contributed by atoms with Gasteiger partial charge in [0.25, 0.3) is 0 Å². The zero-order valence-corrected chi connectivity index (χ0v) is 9.65. The highest BCUT2D eigenvalue weighted by molar-refractivity contribution is 9.10. The molecule has 0 heterocycles. The molecule has 1 aromatic carbocycles. The molecule has 0 radical (unpaired) electrons. The van der Waals surface area contributed by atoms with Crippen LogP contribution in [0, 0.1) is 5.41 Å². The minimum absolute atomic E-state index is 0.220. The Morgan fingerprint density at radius 2 is 2.21 bits per heavy atom. The van der Waals surface area contributed by atoms with Crippen molar-refractivity contribution in [2.75, 3.05) is 7.11 Å². The van der Waals surface area contributed by atoms with E-state index in [1.807, 2.05) is 0 Å². The predicted octanol–water partition coefficient (Wildman–Crippen LogP) is 2.64. The molecule has 0 saturated heterocycles. The van der Waals surface area contributed by atoms with Crippen molar-refractivity contribution in [3.63, 3.8) is 0 Å². The summed E-state index contributed by atoms with van der Waals surface area (Å²) in [5.74, 6) is -0.687. The first-order valence-corrected chi connectivity index (χ1v) is 4.85. The highest BCUT2D eigenvalue weighted by Crippen LogP contribution is 2.21. The lowest BCUT2D eigenvalue weighted by Gasteiger charge is -2.04. The fourth-order valence-electron chi connectivity index (χ4n) is 0.901. The molecule has 14 heavy (non-hydrogen) atoms. The smallest absolute Gasteiger partial charge is 0.356 e. The third-order valence-electron chi connectivity index (χ3n) is 1.59. The molecule has 0 fully saturated rings. The van der Waals surface area contributed by atoms with E-state index >= 15 is 0 Å². The third-order valence-corrected chi connectivity index (χ3v) is 2.51. The Bertz CT molecular complexity index is 392. The standard InChI is InChI=1S/C9H7BrClNO2/c1-14-9(13)8(12)6-4-5(11)2-3-7(6)10/h2-4,12H,1H3. The van der Waals surface area contributed by atoms with Crippen molar-refractivity contribution in [2.45, 2.75) is 0 Å². The second-order valence-electron chi connectivity index (χ2n) is 2.49. The van der Waals surface area contributed by atoms with Gasteiger partial charge in [0, 0.05) is 15.1 Å². The van der Waals surface area contributed by atoms with E-state index in [-0.39, 0.29) is 5.71 Å². The number of carbonyl (C=O) groups is 1. The molecule has 0 aliphatic heterocycles. The van der Waals surface area contributed by atoms with Crippen LogP contribution in [0.1, 0.15) is 5.56 Å².